The molecule has 2 N–H and O–H groups in total. The number of carbonyl (C=O) groups is 1. The predicted octanol–water partition coefficient (Wildman–Crippen LogP) is 5.48. The van der Waals surface area contributed by atoms with Crippen molar-refractivity contribution in [1.29, 1.82) is 0 Å². The number of nitrogens with one attached hydrogen (secondary N) is 2. The Morgan fingerprint density at radius 3 is 2.23 bits per heavy atom. The van der Waals surface area contributed by atoms with Crippen molar-refractivity contribution in [3.8, 4) is 17.0 Å². The summed E-state index contributed by atoms with van der Waals surface area (Å²) in [5, 5.41) is 5.99. The van der Waals surface area contributed by atoms with Gasteiger partial charge in [-0.1, -0.05) is 44.9 Å². The lowest BCUT2D eigenvalue weighted by Gasteiger charge is -2.07. The standard InChI is InChI=1S/C14H13N3O.C14H22N2O2.C3H8/c1-10-14-16-9-13(17(14)8-7-15-10)11-3-5-12(18-2)6-4-11;1-3-15-8-10-18-11-9-16-14(17)13-6-4-12(2)5-7-13;1-3-2/h3-9H,1-2H3;4-7,15H,3,8-11H2,1-2H3,(H,16,17);3H2,1-2H3. The van der Waals surface area contributed by atoms with E-state index in [4.69, 9.17) is 9.47 Å². The normalized spacial score (nSPS) is 10.2. The highest BCUT2D eigenvalue weighted by atomic mass is 16.5. The molecule has 0 bridgehead atoms. The van der Waals surface area contributed by atoms with Crippen LogP contribution in [-0.4, -0.2) is 60.2 Å². The Labute approximate surface area is 232 Å². The zero-order valence-corrected chi connectivity index (χ0v) is 24.2. The van der Waals surface area contributed by atoms with Gasteiger partial charge in [-0.05, 0) is 56.8 Å². The predicted molar refractivity (Wildman–Crippen MR) is 159 cm³/mol. The van der Waals surface area contributed by atoms with Gasteiger partial charge in [-0.25, -0.2) is 4.98 Å². The molecule has 8 heteroatoms. The summed E-state index contributed by atoms with van der Waals surface area (Å²) in [6.07, 6.45) is 6.83. The molecule has 0 fully saturated rings. The van der Waals surface area contributed by atoms with E-state index in [1.165, 1.54) is 6.42 Å². The number of hydrogen-bond acceptors (Lipinski definition) is 6. The Kier molecular flexibility index (Phi) is 14.3. The average Bonchev–Trinajstić information content (AvgIpc) is 3.39. The zero-order chi connectivity index (χ0) is 28.5. The first-order valence-electron chi connectivity index (χ1n) is 13.5. The van der Waals surface area contributed by atoms with Gasteiger partial charge in [-0.15, -0.1) is 0 Å². The molecule has 0 saturated heterocycles. The van der Waals surface area contributed by atoms with Gasteiger partial charge in [-0.3, -0.25) is 14.2 Å². The molecule has 0 aliphatic carbocycles. The molecule has 1 amide bonds. The fourth-order valence-electron chi connectivity index (χ4n) is 3.49. The van der Waals surface area contributed by atoms with E-state index in [2.05, 4.69) is 41.4 Å². The van der Waals surface area contributed by atoms with Crippen LogP contribution in [-0.2, 0) is 4.74 Å². The van der Waals surface area contributed by atoms with E-state index in [0.29, 0.717) is 25.3 Å². The largest absolute Gasteiger partial charge is 0.497 e. The van der Waals surface area contributed by atoms with Crippen molar-refractivity contribution >= 4 is 11.6 Å². The summed E-state index contributed by atoms with van der Waals surface area (Å²) in [7, 11) is 1.66. The number of imidazole rings is 1. The van der Waals surface area contributed by atoms with Gasteiger partial charge in [0, 0.05) is 36.6 Å². The summed E-state index contributed by atoms with van der Waals surface area (Å²) in [6.45, 7) is 13.8. The van der Waals surface area contributed by atoms with E-state index >= 15 is 0 Å². The van der Waals surface area contributed by atoms with Crippen molar-refractivity contribution in [2.45, 2.75) is 41.0 Å². The SMILES string of the molecule is CCC.CCNCCOCCNC(=O)c1ccc(C)cc1.COc1ccc(-c2cnc3c(C)nccn23)cc1. The third-order valence-electron chi connectivity index (χ3n) is 5.51. The fraction of sp³-hybridized carbons (Fsp3) is 0.387. The number of benzene rings is 2. The minimum absolute atomic E-state index is 0.0507. The molecule has 4 aromatic rings. The Hall–Kier alpha value is -3.75. The first-order valence-corrected chi connectivity index (χ1v) is 13.5. The highest BCUT2D eigenvalue weighted by Gasteiger charge is 2.08. The molecular formula is C31H43N5O3. The second-order valence-corrected chi connectivity index (χ2v) is 8.87. The Morgan fingerprint density at radius 1 is 0.923 bits per heavy atom. The van der Waals surface area contributed by atoms with Gasteiger partial charge < -0.3 is 20.1 Å². The molecule has 0 saturated carbocycles. The molecular weight excluding hydrogens is 490 g/mol. The number of rotatable bonds is 10. The van der Waals surface area contributed by atoms with Crippen LogP contribution >= 0.6 is 0 Å². The van der Waals surface area contributed by atoms with E-state index in [1.54, 1.807) is 13.3 Å². The van der Waals surface area contributed by atoms with Crippen molar-refractivity contribution in [3.05, 3.63) is 83.9 Å². The van der Waals surface area contributed by atoms with Gasteiger partial charge in [-0.2, -0.15) is 0 Å². The molecule has 2 aromatic heterocycles. The maximum Gasteiger partial charge on any atom is 0.251 e. The first kappa shape index (κ1) is 31.5. The number of aryl methyl sites for hydroxylation is 2. The van der Waals surface area contributed by atoms with E-state index in [1.807, 2.05) is 79.2 Å². The van der Waals surface area contributed by atoms with Crippen molar-refractivity contribution < 1.29 is 14.3 Å². The van der Waals surface area contributed by atoms with Gasteiger partial charge in [0.05, 0.1) is 37.9 Å². The number of nitrogens with zero attached hydrogens (tertiary/aromatic N) is 3. The van der Waals surface area contributed by atoms with Gasteiger partial charge in [0.25, 0.3) is 5.91 Å². The van der Waals surface area contributed by atoms with Crippen LogP contribution in [0.5, 0.6) is 5.75 Å². The number of carbonyl (C=O) groups excluding carboxylic acids is 1. The lowest BCUT2D eigenvalue weighted by Crippen LogP contribution is -2.28. The number of hydrogen-bond donors (Lipinski definition) is 2. The van der Waals surface area contributed by atoms with Crippen molar-refractivity contribution in [1.82, 2.24) is 25.0 Å². The fourth-order valence-corrected chi connectivity index (χ4v) is 3.49. The summed E-state index contributed by atoms with van der Waals surface area (Å²) >= 11 is 0. The van der Waals surface area contributed by atoms with Crippen LogP contribution in [0.3, 0.4) is 0 Å². The van der Waals surface area contributed by atoms with Crippen LogP contribution in [0.1, 0.15) is 48.8 Å². The molecule has 0 aliphatic rings. The molecule has 4 rings (SSSR count). The topological polar surface area (TPSA) is 89.8 Å². The van der Waals surface area contributed by atoms with Crippen LogP contribution in [0.2, 0.25) is 0 Å². The Balaban J connectivity index is 0.000000249. The number of ether oxygens (including phenoxy) is 2. The van der Waals surface area contributed by atoms with Crippen LogP contribution in [0.4, 0.5) is 0 Å². The number of fused-ring (bicyclic) bond motifs is 1. The molecule has 0 aliphatic heterocycles. The second-order valence-electron chi connectivity index (χ2n) is 8.87. The number of amides is 1. The van der Waals surface area contributed by atoms with Gasteiger partial charge >= 0.3 is 0 Å². The summed E-state index contributed by atoms with van der Waals surface area (Å²) in [5.74, 6) is 0.802. The lowest BCUT2D eigenvalue weighted by atomic mass is 10.1. The van der Waals surface area contributed by atoms with Gasteiger partial charge in [0.15, 0.2) is 5.65 Å². The number of methoxy groups -OCH3 is 1. The number of likely N-dealkylation sites (N-methyl/N-ethyl adjacent to an activating group) is 1. The molecule has 210 valence electrons. The molecule has 2 aromatic carbocycles. The van der Waals surface area contributed by atoms with Crippen LogP contribution in [0.15, 0.2) is 67.1 Å². The van der Waals surface area contributed by atoms with Gasteiger partial charge in [0.1, 0.15) is 5.75 Å². The summed E-state index contributed by atoms with van der Waals surface area (Å²) < 4.78 is 12.6. The molecule has 0 spiro atoms. The van der Waals surface area contributed by atoms with E-state index < -0.39 is 0 Å². The van der Waals surface area contributed by atoms with E-state index in [-0.39, 0.29) is 5.91 Å². The summed E-state index contributed by atoms with van der Waals surface area (Å²) in [5.41, 5.74) is 5.82. The van der Waals surface area contributed by atoms with E-state index in [0.717, 1.165) is 47.0 Å². The molecule has 0 unspecified atom stereocenters. The lowest BCUT2D eigenvalue weighted by molar-refractivity contribution is 0.0917. The van der Waals surface area contributed by atoms with Crippen molar-refractivity contribution in [3.63, 3.8) is 0 Å². The Bertz CT molecular complexity index is 1240. The van der Waals surface area contributed by atoms with Crippen LogP contribution < -0.4 is 15.4 Å². The molecule has 0 radical (unpaired) electrons. The van der Waals surface area contributed by atoms with Crippen LogP contribution in [0, 0.1) is 13.8 Å². The first-order chi connectivity index (χ1) is 18.9. The monoisotopic (exact) mass is 533 g/mol. The third-order valence-corrected chi connectivity index (χ3v) is 5.51. The maximum absolute atomic E-state index is 11.7. The van der Waals surface area contributed by atoms with E-state index in [9.17, 15) is 4.79 Å². The third kappa shape index (κ3) is 10.5. The number of aromatic nitrogens is 3. The summed E-state index contributed by atoms with van der Waals surface area (Å²) in [4.78, 5) is 20.4. The van der Waals surface area contributed by atoms with Gasteiger partial charge in [0.2, 0.25) is 0 Å². The zero-order valence-electron chi connectivity index (χ0n) is 24.2. The summed E-state index contributed by atoms with van der Waals surface area (Å²) in [6, 6.07) is 15.5. The van der Waals surface area contributed by atoms with Crippen molar-refractivity contribution in [2.24, 2.45) is 0 Å². The highest BCUT2D eigenvalue weighted by molar-refractivity contribution is 5.94. The van der Waals surface area contributed by atoms with Crippen molar-refractivity contribution in [2.75, 3.05) is 40.0 Å². The average molecular weight is 534 g/mol. The second kappa shape index (κ2) is 17.7. The van der Waals surface area contributed by atoms with Crippen LogP contribution in [0.25, 0.3) is 16.9 Å². The quantitative estimate of drug-likeness (QED) is 0.262. The minimum atomic E-state index is -0.0507. The molecule has 0 atom stereocenters. The smallest absolute Gasteiger partial charge is 0.251 e. The molecule has 2 heterocycles. The Morgan fingerprint density at radius 2 is 1.59 bits per heavy atom. The molecule has 39 heavy (non-hydrogen) atoms. The molecule has 8 nitrogen and oxygen atoms in total. The highest BCUT2D eigenvalue weighted by Crippen LogP contribution is 2.23. The maximum atomic E-state index is 11.7. The minimum Gasteiger partial charge on any atom is -0.497 e.